The molecule has 4 rings (SSSR count). The van der Waals surface area contributed by atoms with E-state index in [0.29, 0.717) is 29.4 Å². The van der Waals surface area contributed by atoms with Crippen molar-refractivity contribution >= 4 is 23.9 Å². The molecule has 2 aromatic rings. The second-order valence-electron chi connectivity index (χ2n) is 7.57. The molecule has 0 aromatic carbocycles. The molecular weight excluding hydrogens is 340 g/mol. The molecule has 2 saturated heterocycles. The molecule has 7 nitrogen and oxygen atoms in total. The number of nitrogens with one attached hydrogen (secondary N) is 3. The van der Waals surface area contributed by atoms with Gasteiger partial charge < -0.3 is 9.88 Å². The zero-order valence-electron chi connectivity index (χ0n) is 15.6. The first kappa shape index (κ1) is 17.5. The van der Waals surface area contributed by atoms with Crippen LogP contribution in [0.15, 0.2) is 35.6 Å². The Morgan fingerprint density at radius 2 is 2.22 bits per heavy atom. The summed E-state index contributed by atoms with van der Waals surface area (Å²) in [4.78, 5) is 26.1. The first-order chi connectivity index (χ1) is 13.0. The third-order valence-corrected chi connectivity index (χ3v) is 5.46. The molecule has 2 aromatic heterocycles. The Morgan fingerprint density at radius 3 is 2.93 bits per heavy atom. The SMILES string of the molecule is Cc1cnc(NC(=O)N2C3CC(C)CC2C3)cc1C(=N)N=Cc1ccc[nH]1.[HH]. The minimum atomic E-state index is -0.0909. The molecule has 2 atom stereocenters. The molecule has 27 heavy (non-hydrogen) atoms. The summed E-state index contributed by atoms with van der Waals surface area (Å²) in [6, 6.07) is 6.10. The van der Waals surface area contributed by atoms with Gasteiger partial charge in [-0.15, -0.1) is 0 Å². The number of anilines is 1. The van der Waals surface area contributed by atoms with Crippen LogP contribution in [0.3, 0.4) is 0 Å². The number of amides is 2. The van der Waals surface area contributed by atoms with Crippen LogP contribution < -0.4 is 5.32 Å². The lowest BCUT2D eigenvalue weighted by atomic mass is 9.74. The lowest BCUT2D eigenvalue weighted by molar-refractivity contribution is -0.00603. The van der Waals surface area contributed by atoms with Crippen LogP contribution in [-0.4, -0.2) is 45.0 Å². The van der Waals surface area contributed by atoms with Crippen molar-refractivity contribution in [2.75, 3.05) is 5.32 Å². The number of nitrogens with zero attached hydrogens (tertiary/aromatic N) is 3. The number of carbonyl (C=O) groups is 1. The number of aliphatic imine (C=N–C) groups is 1. The third kappa shape index (κ3) is 3.49. The maximum absolute atomic E-state index is 12.6. The topological polar surface area (TPSA) is 97.2 Å². The van der Waals surface area contributed by atoms with Crippen molar-refractivity contribution in [1.82, 2.24) is 14.9 Å². The molecule has 2 unspecified atom stereocenters. The number of amidine groups is 1. The number of hydrogen-bond acceptors (Lipinski definition) is 3. The number of carbonyl (C=O) groups excluding carboxylic acids is 1. The molecule has 2 amide bonds. The van der Waals surface area contributed by atoms with Gasteiger partial charge in [0, 0.05) is 31.5 Å². The van der Waals surface area contributed by atoms with Crippen LogP contribution in [0.4, 0.5) is 10.6 Å². The van der Waals surface area contributed by atoms with Crippen LogP contribution in [0.1, 0.15) is 44.4 Å². The highest BCUT2D eigenvalue weighted by atomic mass is 16.2. The van der Waals surface area contributed by atoms with Crippen molar-refractivity contribution in [2.45, 2.75) is 45.2 Å². The zero-order valence-corrected chi connectivity index (χ0v) is 15.6. The van der Waals surface area contributed by atoms with Gasteiger partial charge in [0.05, 0.1) is 11.9 Å². The number of H-pyrrole nitrogens is 1. The summed E-state index contributed by atoms with van der Waals surface area (Å²) in [5.74, 6) is 1.29. The Hall–Kier alpha value is -2.96. The van der Waals surface area contributed by atoms with Gasteiger partial charge in [0.2, 0.25) is 0 Å². The number of piperidine rings is 1. The van der Waals surface area contributed by atoms with Gasteiger partial charge in [0.1, 0.15) is 5.82 Å². The lowest BCUT2D eigenvalue weighted by Crippen LogP contribution is -2.63. The van der Waals surface area contributed by atoms with Gasteiger partial charge in [0.15, 0.2) is 5.84 Å². The van der Waals surface area contributed by atoms with Gasteiger partial charge in [-0.25, -0.2) is 14.8 Å². The molecule has 2 aliphatic heterocycles. The van der Waals surface area contributed by atoms with Gasteiger partial charge in [-0.1, -0.05) is 6.92 Å². The van der Waals surface area contributed by atoms with Crippen LogP contribution in [-0.2, 0) is 0 Å². The van der Waals surface area contributed by atoms with E-state index in [0.717, 1.165) is 30.5 Å². The number of hydrogen-bond donors (Lipinski definition) is 3. The fraction of sp³-hybridized carbons (Fsp3) is 0.400. The fourth-order valence-corrected chi connectivity index (χ4v) is 4.13. The number of aryl methyl sites for hydroxylation is 1. The average Bonchev–Trinajstić information content (AvgIpc) is 3.14. The van der Waals surface area contributed by atoms with Crippen LogP contribution in [0.2, 0.25) is 0 Å². The minimum Gasteiger partial charge on any atom is -0.360 e. The molecule has 2 fully saturated rings. The molecular formula is C20H26N6O. The van der Waals surface area contributed by atoms with Gasteiger partial charge >= 0.3 is 6.03 Å². The number of aromatic nitrogens is 2. The van der Waals surface area contributed by atoms with E-state index in [9.17, 15) is 4.79 Å². The maximum Gasteiger partial charge on any atom is 0.323 e. The van der Waals surface area contributed by atoms with E-state index in [2.05, 4.69) is 27.2 Å². The van der Waals surface area contributed by atoms with Crippen LogP contribution in [0.5, 0.6) is 0 Å². The second-order valence-corrected chi connectivity index (χ2v) is 7.57. The molecule has 7 heteroatoms. The quantitative estimate of drug-likeness (QED) is 0.569. The third-order valence-electron chi connectivity index (χ3n) is 5.46. The molecule has 0 aliphatic carbocycles. The van der Waals surface area contributed by atoms with Gasteiger partial charge in [-0.05, 0) is 55.9 Å². The van der Waals surface area contributed by atoms with Crippen LogP contribution >= 0.6 is 0 Å². The average molecular weight is 366 g/mol. The maximum atomic E-state index is 12.6. The molecule has 2 bridgehead atoms. The Labute approximate surface area is 159 Å². The predicted molar refractivity (Wildman–Crippen MR) is 108 cm³/mol. The summed E-state index contributed by atoms with van der Waals surface area (Å²) in [5.41, 5.74) is 2.33. The summed E-state index contributed by atoms with van der Waals surface area (Å²) in [6.45, 7) is 4.13. The van der Waals surface area contributed by atoms with Gasteiger partial charge in [-0.3, -0.25) is 10.7 Å². The first-order valence-electron chi connectivity index (χ1n) is 9.33. The molecule has 3 N–H and O–H groups in total. The first-order valence-corrected chi connectivity index (χ1v) is 9.33. The zero-order chi connectivity index (χ0) is 19.0. The van der Waals surface area contributed by atoms with Crippen molar-refractivity contribution < 1.29 is 6.22 Å². The monoisotopic (exact) mass is 366 g/mol. The molecule has 2 aliphatic rings. The number of fused-ring (bicyclic) bond motifs is 2. The molecule has 4 heterocycles. The van der Waals surface area contributed by atoms with E-state index in [1.165, 1.54) is 0 Å². The summed E-state index contributed by atoms with van der Waals surface area (Å²) >= 11 is 0. The molecule has 0 saturated carbocycles. The Balaban J connectivity index is 0.00000225. The standard InChI is InChI=1S/C20H24N6O.H2/c1-12-6-15-8-16(7-12)26(15)20(27)25-18-9-17(13(2)10-23-18)19(21)24-11-14-4-3-5-22-14;/h3-5,9-12,15-16,21-22H,6-8H2,1-2H3,(H,23,25,27);1H. The van der Waals surface area contributed by atoms with E-state index in [1.807, 2.05) is 30.2 Å². The largest absolute Gasteiger partial charge is 0.360 e. The number of aromatic amines is 1. The minimum absolute atomic E-state index is 0. The number of pyridine rings is 1. The van der Waals surface area contributed by atoms with Crippen molar-refractivity contribution in [1.29, 1.82) is 5.41 Å². The number of rotatable bonds is 3. The Kier molecular flexibility index (Phi) is 4.51. The Morgan fingerprint density at radius 1 is 1.44 bits per heavy atom. The summed E-state index contributed by atoms with van der Waals surface area (Å²) < 4.78 is 0. The predicted octanol–water partition coefficient (Wildman–Crippen LogP) is 3.81. The fourth-order valence-electron chi connectivity index (χ4n) is 4.13. The highest BCUT2D eigenvalue weighted by molar-refractivity contribution is 6.04. The highest BCUT2D eigenvalue weighted by Gasteiger charge is 2.46. The summed E-state index contributed by atoms with van der Waals surface area (Å²) in [6.07, 6.45) is 8.36. The summed E-state index contributed by atoms with van der Waals surface area (Å²) in [5, 5.41) is 11.1. The van der Waals surface area contributed by atoms with Gasteiger partial charge in [-0.2, -0.15) is 0 Å². The summed E-state index contributed by atoms with van der Waals surface area (Å²) in [7, 11) is 0. The molecule has 142 valence electrons. The normalized spacial score (nSPS) is 23.9. The molecule has 0 radical (unpaired) electrons. The van der Waals surface area contributed by atoms with E-state index in [-0.39, 0.29) is 13.3 Å². The van der Waals surface area contributed by atoms with Crippen LogP contribution in [0, 0.1) is 18.3 Å². The van der Waals surface area contributed by atoms with Crippen LogP contribution in [0.25, 0.3) is 0 Å². The smallest absolute Gasteiger partial charge is 0.323 e. The Bertz CT molecular complexity index is 882. The van der Waals surface area contributed by atoms with Crippen molar-refractivity contribution in [2.24, 2.45) is 10.9 Å². The number of urea groups is 1. The van der Waals surface area contributed by atoms with E-state index in [1.54, 1.807) is 18.5 Å². The van der Waals surface area contributed by atoms with E-state index < -0.39 is 0 Å². The van der Waals surface area contributed by atoms with E-state index in [4.69, 9.17) is 5.41 Å². The second kappa shape index (κ2) is 6.98. The van der Waals surface area contributed by atoms with Crippen molar-refractivity contribution in [3.05, 3.63) is 47.4 Å². The van der Waals surface area contributed by atoms with Gasteiger partial charge in [0.25, 0.3) is 0 Å². The van der Waals surface area contributed by atoms with Crippen molar-refractivity contribution in [3.8, 4) is 0 Å². The van der Waals surface area contributed by atoms with E-state index >= 15 is 0 Å². The highest BCUT2D eigenvalue weighted by Crippen LogP contribution is 2.41. The molecule has 0 spiro atoms. The lowest BCUT2D eigenvalue weighted by Gasteiger charge is -2.54. The van der Waals surface area contributed by atoms with Crippen molar-refractivity contribution in [3.63, 3.8) is 0 Å².